The molecule has 0 aromatic carbocycles. The van der Waals surface area contributed by atoms with Crippen LogP contribution in [0.3, 0.4) is 0 Å². The third-order valence-corrected chi connectivity index (χ3v) is 4.24. The van der Waals surface area contributed by atoms with Gasteiger partial charge in [-0.1, -0.05) is 12.7 Å². The molecule has 4 heteroatoms. The zero-order chi connectivity index (χ0) is 14.3. The average Bonchev–Trinajstić information content (AvgIpc) is 2.51. The van der Waals surface area contributed by atoms with E-state index in [0.717, 1.165) is 18.5 Å². The van der Waals surface area contributed by atoms with Crippen molar-refractivity contribution in [3.8, 4) is 0 Å². The van der Waals surface area contributed by atoms with E-state index in [9.17, 15) is 0 Å². The normalized spacial score (nSPS) is 26.2. The molecular weight excluding hydrogens is 237 g/mol. The molecule has 0 amide bonds. The number of hydrogen-bond acceptors (Lipinski definition) is 3. The Kier molecular flexibility index (Phi) is 3.67. The van der Waals surface area contributed by atoms with E-state index >= 15 is 0 Å². The van der Waals surface area contributed by atoms with E-state index in [-0.39, 0.29) is 18.3 Å². The number of allylic oxidation sites excluding steroid dienone is 3. The summed E-state index contributed by atoms with van der Waals surface area (Å²) in [5, 5.41) is 0. The van der Waals surface area contributed by atoms with Crippen LogP contribution < -0.4 is 0 Å². The van der Waals surface area contributed by atoms with Gasteiger partial charge >= 0.3 is 7.12 Å². The summed E-state index contributed by atoms with van der Waals surface area (Å²) in [4.78, 5) is 2.06. The third-order valence-electron chi connectivity index (χ3n) is 4.24. The van der Waals surface area contributed by atoms with Crippen molar-refractivity contribution in [1.82, 2.24) is 4.90 Å². The first-order valence-electron chi connectivity index (χ1n) is 6.92. The highest BCUT2D eigenvalue weighted by Gasteiger charge is 2.52. The molecule has 0 spiro atoms. The first-order chi connectivity index (χ1) is 8.77. The van der Waals surface area contributed by atoms with Gasteiger partial charge in [-0.15, -0.1) is 0 Å². The molecule has 19 heavy (non-hydrogen) atoms. The van der Waals surface area contributed by atoms with E-state index in [1.807, 2.05) is 19.2 Å². The summed E-state index contributed by atoms with van der Waals surface area (Å²) in [6, 6.07) is 0. The van der Waals surface area contributed by atoms with Crippen LogP contribution in [0.25, 0.3) is 0 Å². The molecule has 2 heterocycles. The van der Waals surface area contributed by atoms with E-state index in [4.69, 9.17) is 9.31 Å². The second-order valence-corrected chi connectivity index (χ2v) is 6.25. The Morgan fingerprint density at radius 1 is 1.21 bits per heavy atom. The van der Waals surface area contributed by atoms with E-state index in [1.165, 1.54) is 5.47 Å². The summed E-state index contributed by atoms with van der Waals surface area (Å²) in [6.07, 6.45) is 8.01. The van der Waals surface area contributed by atoms with Crippen LogP contribution in [-0.2, 0) is 9.31 Å². The first-order valence-corrected chi connectivity index (χ1v) is 6.92. The minimum absolute atomic E-state index is 0.245. The molecule has 0 atom stereocenters. The van der Waals surface area contributed by atoms with E-state index < -0.39 is 0 Å². The maximum atomic E-state index is 6.09. The Morgan fingerprint density at radius 2 is 1.79 bits per heavy atom. The molecule has 104 valence electrons. The molecule has 0 aromatic rings. The predicted octanol–water partition coefficient (Wildman–Crippen LogP) is 3.64. The van der Waals surface area contributed by atoms with Gasteiger partial charge in [-0.05, 0) is 52.9 Å². The number of rotatable bonds is 2. The highest BCUT2D eigenvalue weighted by Crippen LogP contribution is 2.40. The minimum Gasteiger partial charge on any atom is -0.400 e. The molecule has 0 saturated carbocycles. The van der Waals surface area contributed by atoms with Gasteiger partial charge in [0.2, 0.25) is 0 Å². The van der Waals surface area contributed by atoms with Crippen molar-refractivity contribution in [3.05, 3.63) is 36.2 Å². The predicted molar refractivity (Wildman–Crippen MR) is 79.2 cm³/mol. The fourth-order valence-corrected chi connectivity index (χ4v) is 2.23. The van der Waals surface area contributed by atoms with Crippen LogP contribution in [0.5, 0.6) is 0 Å². The molecular formula is C15H24BNO2. The van der Waals surface area contributed by atoms with Gasteiger partial charge < -0.3 is 14.2 Å². The lowest BCUT2D eigenvalue weighted by atomic mass is 9.74. The topological polar surface area (TPSA) is 21.7 Å². The standard InChI is InChI=1S/C15H24BNO2/c1-7-10-17-11-13(9-8-12(17)2)16-18-14(3,4)15(5,6)19-16/h7,10-11H,2,8-9H2,1,3-6H3/b10-7-. The molecule has 0 aromatic heterocycles. The molecule has 1 saturated heterocycles. The molecule has 2 aliphatic heterocycles. The molecule has 1 fully saturated rings. The molecule has 0 N–H and O–H groups in total. The summed E-state index contributed by atoms with van der Waals surface area (Å²) in [5.74, 6) is 0. The van der Waals surface area contributed by atoms with Crippen LogP contribution in [0, 0.1) is 0 Å². The summed E-state index contributed by atoms with van der Waals surface area (Å²) >= 11 is 0. The summed E-state index contributed by atoms with van der Waals surface area (Å²) in [6.45, 7) is 14.4. The molecule has 2 rings (SSSR count). The Balaban J connectivity index is 2.20. The second-order valence-electron chi connectivity index (χ2n) is 6.25. The van der Waals surface area contributed by atoms with Crippen LogP contribution in [0.2, 0.25) is 0 Å². The average molecular weight is 261 g/mol. The Labute approximate surface area is 117 Å². The fourth-order valence-electron chi connectivity index (χ4n) is 2.23. The summed E-state index contributed by atoms with van der Waals surface area (Å²) in [7, 11) is -0.245. The highest BCUT2D eigenvalue weighted by molar-refractivity contribution is 6.54. The lowest BCUT2D eigenvalue weighted by molar-refractivity contribution is 0.00578. The lowest BCUT2D eigenvalue weighted by Gasteiger charge is -2.32. The quantitative estimate of drug-likeness (QED) is 0.708. The maximum absolute atomic E-state index is 6.09. The van der Waals surface area contributed by atoms with E-state index in [2.05, 4.69) is 45.4 Å². The number of nitrogens with zero attached hydrogens (tertiary/aromatic N) is 1. The van der Waals surface area contributed by atoms with Crippen LogP contribution in [0.15, 0.2) is 36.2 Å². The Morgan fingerprint density at radius 3 is 2.32 bits per heavy atom. The van der Waals surface area contributed by atoms with Gasteiger partial charge in [-0.2, -0.15) is 0 Å². The lowest BCUT2D eigenvalue weighted by Crippen LogP contribution is -2.41. The zero-order valence-electron chi connectivity index (χ0n) is 12.7. The SMILES string of the molecule is C=C1CCC(B2OC(C)(C)C(C)(C)O2)=CN1/C=C\C. The van der Waals surface area contributed by atoms with E-state index in [0.29, 0.717) is 0 Å². The highest BCUT2D eigenvalue weighted by atomic mass is 16.7. The van der Waals surface area contributed by atoms with Gasteiger partial charge in [-0.25, -0.2) is 0 Å². The van der Waals surface area contributed by atoms with Crippen LogP contribution in [-0.4, -0.2) is 23.2 Å². The monoisotopic (exact) mass is 261 g/mol. The Bertz CT molecular complexity index is 421. The largest absolute Gasteiger partial charge is 0.492 e. The molecule has 0 unspecified atom stereocenters. The third kappa shape index (κ3) is 2.65. The molecule has 0 aliphatic carbocycles. The smallest absolute Gasteiger partial charge is 0.400 e. The molecule has 0 radical (unpaired) electrons. The van der Waals surface area contributed by atoms with Gasteiger partial charge in [0.25, 0.3) is 0 Å². The van der Waals surface area contributed by atoms with Crippen molar-refractivity contribution in [2.45, 2.75) is 58.7 Å². The molecule has 0 bridgehead atoms. The van der Waals surface area contributed by atoms with Gasteiger partial charge in [0, 0.05) is 18.1 Å². The van der Waals surface area contributed by atoms with Gasteiger partial charge in [-0.3, -0.25) is 0 Å². The van der Waals surface area contributed by atoms with Crippen molar-refractivity contribution in [2.75, 3.05) is 0 Å². The van der Waals surface area contributed by atoms with Crippen LogP contribution in [0.1, 0.15) is 47.5 Å². The van der Waals surface area contributed by atoms with Crippen molar-refractivity contribution in [1.29, 1.82) is 0 Å². The van der Waals surface area contributed by atoms with Crippen molar-refractivity contribution < 1.29 is 9.31 Å². The molecule has 3 nitrogen and oxygen atoms in total. The van der Waals surface area contributed by atoms with E-state index in [1.54, 1.807) is 0 Å². The zero-order valence-corrected chi connectivity index (χ0v) is 12.7. The fraction of sp³-hybridized carbons (Fsp3) is 0.600. The van der Waals surface area contributed by atoms with Crippen LogP contribution >= 0.6 is 0 Å². The van der Waals surface area contributed by atoms with Crippen molar-refractivity contribution in [2.24, 2.45) is 0 Å². The van der Waals surface area contributed by atoms with Gasteiger partial charge in [0.05, 0.1) is 11.2 Å². The van der Waals surface area contributed by atoms with Crippen LogP contribution in [0.4, 0.5) is 0 Å². The van der Waals surface area contributed by atoms with Gasteiger partial charge in [0.1, 0.15) is 0 Å². The van der Waals surface area contributed by atoms with Crippen molar-refractivity contribution >= 4 is 7.12 Å². The van der Waals surface area contributed by atoms with Crippen molar-refractivity contribution in [3.63, 3.8) is 0 Å². The molecule has 2 aliphatic rings. The summed E-state index contributed by atoms with van der Waals surface area (Å²) < 4.78 is 12.2. The Hall–Kier alpha value is -0.995. The first kappa shape index (κ1) is 14.4. The second kappa shape index (κ2) is 4.84. The minimum atomic E-state index is -0.279. The summed E-state index contributed by atoms with van der Waals surface area (Å²) in [5.41, 5.74) is 1.74. The number of hydrogen-bond donors (Lipinski definition) is 0. The van der Waals surface area contributed by atoms with Gasteiger partial charge in [0.15, 0.2) is 0 Å². The maximum Gasteiger partial charge on any atom is 0.492 e.